The smallest absolute Gasteiger partial charge is 0.224 e. The van der Waals surface area contributed by atoms with Gasteiger partial charge in [-0.2, -0.15) is 0 Å². The van der Waals surface area contributed by atoms with Crippen molar-refractivity contribution >= 4 is 17.3 Å². The highest BCUT2D eigenvalue weighted by molar-refractivity contribution is 5.91. The zero-order chi connectivity index (χ0) is 14.4. The average Bonchev–Trinajstić information content (AvgIpc) is 2.47. The summed E-state index contributed by atoms with van der Waals surface area (Å²) in [4.78, 5) is 11.9. The van der Waals surface area contributed by atoms with Crippen molar-refractivity contribution in [2.24, 2.45) is 0 Å². The lowest BCUT2D eigenvalue weighted by Crippen LogP contribution is -2.12. The highest BCUT2D eigenvalue weighted by Crippen LogP contribution is 2.12. The molecular formula is C17H16N2O. The summed E-state index contributed by atoms with van der Waals surface area (Å²) in [6.07, 6.45) is 6.43. The molecule has 100 valence electrons. The Kier molecular flexibility index (Phi) is 4.41. The Balaban J connectivity index is 1.89. The predicted molar refractivity (Wildman–Crippen MR) is 82.2 cm³/mol. The van der Waals surface area contributed by atoms with Gasteiger partial charge in [0.25, 0.3) is 0 Å². The van der Waals surface area contributed by atoms with Crippen LogP contribution in [0.4, 0.5) is 11.4 Å². The Morgan fingerprint density at radius 3 is 2.65 bits per heavy atom. The third kappa shape index (κ3) is 3.89. The van der Waals surface area contributed by atoms with Gasteiger partial charge in [-0.3, -0.25) is 4.79 Å². The first-order valence-electron chi connectivity index (χ1n) is 6.38. The van der Waals surface area contributed by atoms with Gasteiger partial charge in [-0.05, 0) is 42.3 Å². The molecule has 0 atom stereocenters. The number of hydrogen-bond acceptors (Lipinski definition) is 2. The molecule has 20 heavy (non-hydrogen) atoms. The number of nitrogen functional groups attached to an aromatic ring is 1. The maximum atomic E-state index is 11.9. The SMILES string of the molecule is C#Cc1cccc(NC(=O)CCc2ccc(N)cc2)c1. The second-order valence-electron chi connectivity index (χ2n) is 4.51. The van der Waals surface area contributed by atoms with Crippen LogP contribution in [0.5, 0.6) is 0 Å². The summed E-state index contributed by atoms with van der Waals surface area (Å²) < 4.78 is 0. The fourth-order valence-electron chi connectivity index (χ4n) is 1.85. The summed E-state index contributed by atoms with van der Waals surface area (Å²) in [5.74, 6) is 2.51. The first kappa shape index (κ1) is 13.7. The van der Waals surface area contributed by atoms with Crippen LogP contribution in [-0.4, -0.2) is 5.91 Å². The number of carbonyl (C=O) groups excluding carboxylic acids is 1. The van der Waals surface area contributed by atoms with Crippen molar-refractivity contribution in [1.82, 2.24) is 0 Å². The number of rotatable bonds is 4. The maximum Gasteiger partial charge on any atom is 0.224 e. The largest absolute Gasteiger partial charge is 0.399 e. The highest BCUT2D eigenvalue weighted by Gasteiger charge is 2.03. The third-order valence-electron chi connectivity index (χ3n) is 2.93. The van der Waals surface area contributed by atoms with E-state index < -0.39 is 0 Å². The molecule has 0 aromatic heterocycles. The number of carbonyl (C=O) groups is 1. The van der Waals surface area contributed by atoms with Crippen molar-refractivity contribution in [2.75, 3.05) is 11.1 Å². The molecule has 2 rings (SSSR count). The predicted octanol–water partition coefficient (Wildman–Crippen LogP) is 2.82. The quantitative estimate of drug-likeness (QED) is 0.659. The van der Waals surface area contributed by atoms with E-state index in [4.69, 9.17) is 12.2 Å². The van der Waals surface area contributed by atoms with Crippen LogP contribution in [0.2, 0.25) is 0 Å². The van der Waals surface area contributed by atoms with Crippen molar-refractivity contribution < 1.29 is 4.79 Å². The van der Waals surface area contributed by atoms with Gasteiger partial charge in [0.2, 0.25) is 5.91 Å². The van der Waals surface area contributed by atoms with E-state index in [1.54, 1.807) is 6.07 Å². The molecule has 3 N–H and O–H groups in total. The van der Waals surface area contributed by atoms with E-state index in [1.165, 1.54) is 0 Å². The zero-order valence-corrected chi connectivity index (χ0v) is 11.1. The first-order valence-corrected chi connectivity index (χ1v) is 6.38. The molecule has 0 radical (unpaired) electrons. The standard InChI is InChI=1S/C17H16N2O/c1-2-13-4-3-5-16(12-13)19-17(20)11-8-14-6-9-15(18)10-7-14/h1,3-7,9-10,12H,8,11,18H2,(H,19,20). The monoisotopic (exact) mass is 264 g/mol. The van der Waals surface area contributed by atoms with Crippen LogP contribution in [0.25, 0.3) is 0 Å². The first-order chi connectivity index (χ1) is 9.67. The summed E-state index contributed by atoms with van der Waals surface area (Å²) in [5, 5.41) is 2.84. The van der Waals surface area contributed by atoms with Crippen molar-refractivity contribution in [2.45, 2.75) is 12.8 Å². The van der Waals surface area contributed by atoms with Crippen molar-refractivity contribution in [3.8, 4) is 12.3 Å². The third-order valence-corrected chi connectivity index (χ3v) is 2.93. The van der Waals surface area contributed by atoms with Crippen LogP contribution in [0.1, 0.15) is 17.5 Å². The van der Waals surface area contributed by atoms with Crippen LogP contribution in [-0.2, 0) is 11.2 Å². The number of benzene rings is 2. The fourth-order valence-corrected chi connectivity index (χ4v) is 1.85. The minimum absolute atomic E-state index is 0.0315. The number of terminal acetylenes is 1. The molecule has 1 amide bonds. The Hall–Kier alpha value is -2.73. The molecule has 0 saturated heterocycles. The van der Waals surface area contributed by atoms with Gasteiger partial charge in [-0.1, -0.05) is 24.1 Å². The molecule has 0 unspecified atom stereocenters. The fraction of sp³-hybridized carbons (Fsp3) is 0.118. The van der Waals surface area contributed by atoms with Crippen molar-refractivity contribution in [3.63, 3.8) is 0 Å². The zero-order valence-electron chi connectivity index (χ0n) is 11.1. The molecule has 0 aliphatic carbocycles. The van der Waals surface area contributed by atoms with Gasteiger partial charge in [0, 0.05) is 23.4 Å². The summed E-state index contributed by atoms with van der Waals surface area (Å²) in [6, 6.07) is 14.8. The van der Waals surface area contributed by atoms with Gasteiger partial charge >= 0.3 is 0 Å². The Labute approximate surface area is 118 Å². The van der Waals surface area contributed by atoms with E-state index in [1.807, 2.05) is 42.5 Å². The van der Waals surface area contributed by atoms with Gasteiger partial charge in [0.1, 0.15) is 0 Å². The minimum atomic E-state index is -0.0315. The molecule has 0 fully saturated rings. The summed E-state index contributed by atoms with van der Waals surface area (Å²) in [6.45, 7) is 0. The molecule has 3 heteroatoms. The maximum absolute atomic E-state index is 11.9. The lowest BCUT2D eigenvalue weighted by atomic mass is 10.1. The van der Waals surface area contributed by atoms with E-state index in [9.17, 15) is 4.79 Å². The van der Waals surface area contributed by atoms with Crippen molar-refractivity contribution in [3.05, 3.63) is 59.7 Å². The Bertz CT molecular complexity index is 639. The summed E-state index contributed by atoms with van der Waals surface area (Å²) in [7, 11) is 0. The van der Waals surface area contributed by atoms with Gasteiger partial charge in [0.15, 0.2) is 0 Å². The van der Waals surface area contributed by atoms with Crippen LogP contribution < -0.4 is 11.1 Å². The van der Waals surface area contributed by atoms with Gasteiger partial charge in [0.05, 0.1) is 0 Å². The van der Waals surface area contributed by atoms with E-state index in [0.717, 1.165) is 22.5 Å². The summed E-state index contributed by atoms with van der Waals surface area (Å²) in [5.41, 5.74) is 8.91. The average molecular weight is 264 g/mol. The van der Waals surface area contributed by atoms with E-state index in [0.29, 0.717) is 12.8 Å². The second-order valence-corrected chi connectivity index (χ2v) is 4.51. The van der Waals surface area contributed by atoms with Crippen LogP contribution in [0, 0.1) is 12.3 Å². The lowest BCUT2D eigenvalue weighted by Gasteiger charge is -2.06. The lowest BCUT2D eigenvalue weighted by molar-refractivity contribution is -0.116. The molecule has 0 aliphatic heterocycles. The molecule has 0 bridgehead atoms. The number of amides is 1. The molecule has 2 aromatic carbocycles. The molecule has 0 spiro atoms. The molecule has 0 heterocycles. The van der Waals surface area contributed by atoms with Gasteiger partial charge < -0.3 is 11.1 Å². The topological polar surface area (TPSA) is 55.1 Å². The minimum Gasteiger partial charge on any atom is -0.399 e. The van der Waals surface area contributed by atoms with Crippen LogP contribution in [0.15, 0.2) is 48.5 Å². The number of nitrogens with one attached hydrogen (secondary N) is 1. The number of nitrogens with two attached hydrogens (primary N) is 1. The molecule has 0 saturated carbocycles. The number of hydrogen-bond donors (Lipinski definition) is 2. The van der Waals surface area contributed by atoms with E-state index >= 15 is 0 Å². The number of anilines is 2. The summed E-state index contributed by atoms with van der Waals surface area (Å²) >= 11 is 0. The normalized spacial score (nSPS) is 9.75. The van der Waals surface area contributed by atoms with E-state index in [2.05, 4.69) is 11.2 Å². The molecule has 0 aliphatic rings. The van der Waals surface area contributed by atoms with Gasteiger partial charge in [-0.25, -0.2) is 0 Å². The van der Waals surface area contributed by atoms with Crippen LogP contribution >= 0.6 is 0 Å². The highest BCUT2D eigenvalue weighted by atomic mass is 16.1. The molecule has 3 nitrogen and oxygen atoms in total. The van der Waals surface area contributed by atoms with Gasteiger partial charge in [-0.15, -0.1) is 6.42 Å². The Morgan fingerprint density at radius 2 is 1.95 bits per heavy atom. The molecular weight excluding hydrogens is 248 g/mol. The van der Waals surface area contributed by atoms with E-state index in [-0.39, 0.29) is 5.91 Å². The van der Waals surface area contributed by atoms with Crippen molar-refractivity contribution in [1.29, 1.82) is 0 Å². The van der Waals surface area contributed by atoms with Crippen LogP contribution in [0.3, 0.4) is 0 Å². The number of aryl methyl sites for hydroxylation is 1. The molecule has 2 aromatic rings. The second kappa shape index (κ2) is 6.44. The Morgan fingerprint density at radius 1 is 1.20 bits per heavy atom.